The van der Waals surface area contributed by atoms with Gasteiger partial charge in [-0.1, -0.05) is 30.3 Å². The Kier molecular flexibility index (Phi) is 8.87. The van der Waals surface area contributed by atoms with E-state index in [1.54, 1.807) is 23.5 Å². The van der Waals surface area contributed by atoms with Crippen LogP contribution in [0, 0.1) is 6.92 Å². The number of aromatic nitrogens is 1. The lowest BCUT2D eigenvalue weighted by atomic mass is 10.1. The first-order valence-corrected chi connectivity index (χ1v) is 12.8. The molecule has 0 bridgehead atoms. The van der Waals surface area contributed by atoms with Crippen molar-refractivity contribution >= 4 is 33.4 Å². The lowest BCUT2D eigenvalue weighted by molar-refractivity contribution is -0.145. The van der Waals surface area contributed by atoms with Gasteiger partial charge in [-0.15, -0.1) is 11.3 Å². The second-order valence-electron chi connectivity index (χ2n) is 8.84. The highest BCUT2D eigenvalue weighted by molar-refractivity contribution is 7.18. The molecule has 192 valence electrons. The number of esters is 1. The van der Waals surface area contributed by atoms with E-state index in [0.717, 1.165) is 28.3 Å². The van der Waals surface area contributed by atoms with E-state index in [2.05, 4.69) is 15.2 Å². The van der Waals surface area contributed by atoms with Gasteiger partial charge < -0.3 is 19.9 Å². The summed E-state index contributed by atoms with van der Waals surface area (Å²) in [5.41, 5.74) is 1.59. The molecule has 3 aromatic rings. The molecule has 0 spiro atoms. The van der Waals surface area contributed by atoms with E-state index in [9.17, 15) is 14.7 Å². The highest BCUT2D eigenvalue weighted by atomic mass is 32.1. The second-order valence-corrected chi connectivity index (χ2v) is 10.1. The number of aliphatic hydroxyl groups excluding tert-OH is 1. The first kappa shape index (κ1) is 26.0. The molecule has 1 amide bonds. The van der Waals surface area contributed by atoms with Crippen molar-refractivity contribution in [3.63, 3.8) is 0 Å². The fourth-order valence-electron chi connectivity index (χ4n) is 4.24. The smallest absolute Gasteiger partial charge is 0.333 e. The quantitative estimate of drug-likeness (QED) is 0.398. The topological polar surface area (TPSA) is 104 Å². The van der Waals surface area contributed by atoms with Crippen LogP contribution in [0.1, 0.15) is 16.6 Å². The average Bonchev–Trinajstić information content (AvgIpc) is 3.26. The number of carbonyl (C=O) groups is 2. The third-order valence-corrected chi connectivity index (χ3v) is 7.04. The van der Waals surface area contributed by atoms with Crippen LogP contribution >= 0.6 is 11.3 Å². The van der Waals surface area contributed by atoms with Gasteiger partial charge in [0.1, 0.15) is 18.5 Å². The Bertz CT molecular complexity index is 1160. The molecular weight excluding hydrogens is 480 g/mol. The molecule has 0 aliphatic carbocycles. The number of thiazole rings is 1. The van der Waals surface area contributed by atoms with E-state index in [4.69, 9.17) is 9.47 Å². The van der Waals surface area contributed by atoms with Gasteiger partial charge >= 0.3 is 5.97 Å². The maximum absolute atomic E-state index is 12.6. The predicted molar refractivity (Wildman–Crippen MR) is 138 cm³/mol. The van der Waals surface area contributed by atoms with Crippen LogP contribution in [0.4, 0.5) is 0 Å². The zero-order valence-corrected chi connectivity index (χ0v) is 21.4. The minimum Gasteiger partial charge on any atom is -0.491 e. The summed E-state index contributed by atoms with van der Waals surface area (Å²) in [5.74, 6) is -0.0379. The fourth-order valence-corrected chi connectivity index (χ4v) is 5.04. The number of rotatable bonds is 10. The number of methoxy groups -OCH3 is 1. The lowest BCUT2D eigenvalue weighted by Gasteiger charge is -2.35. The van der Waals surface area contributed by atoms with Gasteiger partial charge in [0.15, 0.2) is 6.04 Å². The van der Waals surface area contributed by atoms with Crippen LogP contribution in [0.2, 0.25) is 0 Å². The normalized spacial score (nSPS) is 16.4. The highest BCUT2D eigenvalue weighted by Gasteiger charge is 2.26. The van der Waals surface area contributed by atoms with Crippen molar-refractivity contribution in [2.75, 3.05) is 53.0 Å². The van der Waals surface area contributed by atoms with Gasteiger partial charge in [-0.2, -0.15) is 0 Å². The first-order valence-electron chi connectivity index (χ1n) is 12.0. The molecule has 2 N–H and O–H groups in total. The van der Waals surface area contributed by atoms with Crippen LogP contribution in [0.3, 0.4) is 0 Å². The maximum Gasteiger partial charge on any atom is 0.333 e. The third kappa shape index (κ3) is 7.01. The monoisotopic (exact) mass is 512 g/mol. The predicted octanol–water partition coefficient (Wildman–Crippen LogP) is 1.99. The van der Waals surface area contributed by atoms with Crippen LogP contribution in [0.5, 0.6) is 5.75 Å². The minimum atomic E-state index is -0.833. The molecule has 2 aromatic carbocycles. The average molecular weight is 513 g/mol. The molecule has 1 saturated heterocycles. The molecule has 1 aliphatic heterocycles. The molecule has 0 saturated carbocycles. The molecule has 9 nitrogen and oxygen atoms in total. The molecule has 10 heteroatoms. The molecule has 1 aliphatic rings. The fraction of sp³-hybridized carbons (Fsp3) is 0.423. The third-order valence-electron chi connectivity index (χ3n) is 6.08. The SMILES string of the molecule is COC(=O)[C@H](NC(=O)CN1CCN(C[C@H](O)COc2ccc3sc(C)nc3c2)CC1)c1ccccc1. The molecule has 36 heavy (non-hydrogen) atoms. The summed E-state index contributed by atoms with van der Waals surface area (Å²) >= 11 is 1.64. The van der Waals surface area contributed by atoms with Crippen molar-refractivity contribution < 1.29 is 24.2 Å². The highest BCUT2D eigenvalue weighted by Crippen LogP contribution is 2.25. The van der Waals surface area contributed by atoms with E-state index >= 15 is 0 Å². The van der Waals surface area contributed by atoms with Gasteiger partial charge in [-0.05, 0) is 24.6 Å². The van der Waals surface area contributed by atoms with Gasteiger partial charge in [-0.25, -0.2) is 9.78 Å². The van der Waals surface area contributed by atoms with Gasteiger partial charge in [0, 0.05) is 38.8 Å². The number of β-amino-alcohol motifs (C(OH)–C–C–N with tert-alkyl or cyclic N) is 1. The van der Waals surface area contributed by atoms with E-state index in [-0.39, 0.29) is 19.1 Å². The number of aryl methyl sites for hydroxylation is 1. The molecule has 1 aromatic heterocycles. The summed E-state index contributed by atoms with van der Waals surface area (Å²) in [5, 5.41) is 14.3. The molecule has 2 heterocycles. The van der Waals surface area contributed by atoms with E-state index in [0.29, 0.717) is 30.9 Å². The van der Waals surface area contributed by atoms with Gasteiger partial charge in [0.2, 0.25) is 5.91 Å². The summed E-state index contributed by atoms with van der Waals surface area (Å²) in [7, 11) is 1.31. The van der Waals surface area contributed by atoms with E-state index in [1.165, 1.54) is 7.11 Å². The lowest BCUT2D eigenvalue weighted by Crippen LogP contribution is -2.51. The number of hydrogen-bond acceptors (Lipinski definition) is 9. The zero-order chi connectivity index (χ0) is 25.5. The summed E-state index contributed by atoms with van der Waals surface area (Å²) in [6, 6.07) is 14.0. The maximum atomic E-state index is 12.6. The van der Waals surface area contributed by atoms with Crippen LogP contribution in [-0.2, 0) is 14.3 Å². The Morgan fingerprint density at radius 3 is 2.56 bits per heavy atom. The van der Waals surface area contributed by atoms with Gasteiger partial charge in [0.05, 0.1) is 28.9 Å². The Morgan fingerprint density at radius 2 is 1.83 bits per heavy atom. The standard InChI is InChI=1S/C26H32N4O5S/c1-18-27-22-14-21(8-9-23(22)36-18)35-17-20(31)15-29-10-12-30(13-11-29)16-24(32)28-25(26(33)34-2)19-6-4-3-5-7-19/h3-9,14,20,25,31H,10-13,15-17H2,1-2H3,(H,28,32)/t20-,25+/m0/s1. The Labute approximate surface area is 214 Å². The van der Waals surface area contributed by atoms with Crippen molar-refractivity contribution in [1.82, 2.24) is 20.1 Å². The van der Waals surface area contributed by atoms with Crippen molar-refractivity contribution in [3.05, 3.63) is 59.1 Å². The minimum absolute atomic E-state index is 0.193. The number of aliphatic hydroxyl groups is 1. The van der Waals surface area contributed by atoms with Gasteiger partial charge in [-0.3, -0.25) is 14.6 Å². The van der Waals surface area contributed by atoms with Crippen molar-refractivity contribution in [2.45, 2.75) is 19.1 Å². The number of fused-ring (bicyclic) bond motifs is 1. The Morgan fingerprint density at radius 1 is 1.11 bits per heavy atom. The Balaban J connectivity index is 1.19. The van der Waals surface area contributed by atoms with Crippen LogP contribution in [-0.4, -0.2) is 90.9 Å². The summed E-state index contributed by atoms with van der Waals surface area (Å²) in [6.45, 7) is 5.71. The number of carbonyl (C=O) groups excluding carboxylic acids is 2. The zero-order valence-electron chi connectivity index (χ0n) is 20.6. The Hall–Kier alpha value is -3.05. The number of nitrogens with zero attached hydrogens (tertiary/aromatic N) is 3. The molecule has 1 fully saturated rings. The number of nitrogens with one attached hydrogen (secondary N) is 1. The second kappa shape index (κ2) is 12.3. The molecule has 4 rings (SSSR count). The molecule has 2 atom stereocenters. The van der Waals surface area contributed by atoms with E-state index < -0.39 is 18.1 Å². The molecule has 0 radical (unpaired) electrons. The number of piperazine rings is 1. The summed E-state index contributed by atoms with van der Waals surface area (Å²) < 4.78 is 11.8. The van der Waals surface area contributed by atoms with Crippen molar-refractivity contribution in [3.8, 4) is 5.75 Å². The first-order chi connectivity index (χ1) is 17.4. The van der Waals surface area contributed by atoms with Crippen molar-refractivity contribution in [1.29, 1.82) is 0 Å². The van der Waals surface area contributed by atoms with Crippen LogP contribution in [0.25, 0.3) is 10.2 Å². The van der Waals surface area contributed by atoms with Gasteiger partial charge in [0.25, 0.3) is 0 Å². The number of ether oxygens (including phenoxy) is 2. The van der Waals surface area contributed by atoms with Crippen LogP contribution < -0.4 is 10.1 Å². The van der Waals surface area contributed by atoms with E-state index in [1.807, 2.05) is 48.2 Å². The van der Waals surface area contributed by atoms with Crippen molar-refractivity contribution in [2.24, 2.45) is 0 Å². The summed E-state index contributed by atoms with van der Waals surface area (Å²) in [4.78, 5) is 33.5. The number of amides is 1. The largest absolute Gasteiger partial charge is 0.491 e. The number of benzene rings is 2. The molecular formula is C26H32N4O5S. The summed E-state index contributed by atoms with van der Waals surface area (Å²) in [6.07, 6.45) is -0.626. The number of hydrogen-bond donors (Lipinski definition) is 2. The molecule has 0 unspecified atom stereocenters. The van der Waals surface area contributed by atoms with Crippen LogP contribution in [0.15, 0.2) is 48.5 Å².